The molecule has 1 heterocycles. The Kier molecular flexibility index (Phi) is 3.89. The van der Waals surface area contributed by atoms with Crippen LogP contribution in [0.4, 0.5) is 0 Å². The molecule has 0 atom stereocenters. The van der Waals surface area contributed by atoms with Crippen LogP contribution in [0.15, 0.2) is 0 Å². The molecule has 4 nitrogen and oxygen atoms in total. The van der Waals surface area contributed by atoms with Crippen molar-refractivity contribution in [1.82, 2.24) is 10.6 Å². The van der Waals surface area contributed by atoms with Crippen molar-refractivity contribution in [2.24, 2.45) is 0 Å². The van der Waals surface area contributed by atoms with Gasteiger partial charge in [-0.05, 0) is 12.8 Å². The largest absolute Gasteiger partial charge is 0.481 e. The Labute approximate surface area is 85.1 Å². The minimum atomic E-state index is -0.718. The smallest absolute Gasteiger partial charge is 0.305 e. The summed E-state index contributed by atoms with van der Waals surface area (Å²) in [5.41, 5.74) is -0.192. The summed E-state index contributed by atoms with van der Waals surface area (Å²) in [6.07, 6.45) is 2.33. The van der Waals surface area contributed by atoms with Crippen molar-refractivity contribution in [3.63, 3.8) is 0 Å². The fourth-order valence-corrected chi connectivity index (χ4v) is 1.92. The van der Waals surface area contributed by atoms with Gasteiger partial charge in [0.15, 0.2) is 0 Å². The topological polar surface area (TPSA) is 61.4 Å². The highest BCUT2D eigenvalue weighted by Crippen LogP contribution is 2.18. The van der Waals surface area contributed by atoms with Crippen molar-refractivity contribution >= 4 is 5.97 Å². The Balaban J connectivity index is 2.48. The molecule has 1 aliphatic heterocycles. The number of nitrogens with one attached hydrogen (secondary N) is 2. The monoisotopic (exact) mass is 200 g/mol. The molecule has 0 bridgehead atoms. The van der Waals surface area contributed by atoms with E-state index in [2.05, 4.69) is 24.5 Å². The van der Waals surface area contributed by atoms with Gasteiger partial charge in [-0.15, -0.1) is 0 Å². The molecule has 1 aliphatic rings. The summed E-state index contributed by atoms with van der Waals surface area (Å²) in [6.45, 7) is 5.80. The minimum absolute atomic E-state index is 0.192. The molecule has 14 heavy (non-hydrogen) atoms. The molecular formula is C10H20N2O2. The standard InChI is InChI=1S/C10H20N2O2/c1-3-8(4-2)12-10(5-9(13)14)6-11-7-10/h8,11-12H,3-7H2,1-2H3,(H,13,14). The third-order valence-corrected chi connectivity index (χ3v) is 2.91. The molecule has 82 valence electrons. The van der Waals surface area contributed by atoms with Crippen molar-refractivity contribution in [1.29, 1.82) is 0 Å². The molecule has 1 rings (SSSR count). The van der Waals surface area contributed by atoms with Crippen LogP contribution in [0.1, 0.15) is 33.1 Å². The van der Waals surface area contributed by atoms with Crippen LogP contribution in [0.2, 0.25) is 0 Å². The first-order valence-electron chi connectivity index (χ1n) is 5.32. The van der Waals surface area contributed by atoms with E-state index in [1.165, 1.54) is 0 Å². The van der Waals surface area contributed by atoms with Gasteiger partial charge in [0.25, 0.3) is 0 Å². The minimum Gasteiger partial charge on any atom is -0.481 e. The number of rotatable bonds is 6. The molecule has 1 fully saturated rings. The third-order valence-electron chi connectivity index (χ3n) is 2.91. The summed E-state index contributed by atoms with van der Waals surface area (Å²) in [5, 5.41) is 15.4. The molecule has 0 saturated carbocycles. The quantitative estimate of drug-likeness (QED) is 0.587. The van der Waals surface area contributed by atoms with Gasteiger partial charge in [-0.2, -0.15) is 0 Å². The van der Waals surface area contributed by atoms with E-state index in [0.29, 0.717) is 6.04 Å². The number of carbonyl (C=O) groups is 1. The van der Waals surface area contributed by atoms with Gasteiger partial charge in [0.2, 0.25) is 0 Å². The number of hydrogen-bond acceptors (Lipinski definition) is 3. The van der Waals surface area contributed by atoms with E-state index in [-0.39, 0.29) is 12.0 Å². The van der Waals surface area contributed by atoms with Crippen LogP contribution < -0.4 is 10.6 Å². The van der Waals surface area contributed by atoms with Gasteiger partial charge in [-0.3, -0.25) is 4.79 Å². The lowest BCUT2D eigenvalue weighted by Gasteiger charge is -2.44. The number of carboxylic acids is 1. The zero-order valence-corrected chi connectivity index (χ0v) is 8.97. The van der Waals surface area contributed by atoms with Gasteiger partial charge in [0, 0.05) is 19.1 Å². The van der Waals surface area contributed by atoms with Crippen LogP contribution in [0, 0.1) is 0 Å². The van der Waals surface area contributed by atoms with Gasteiger partial charge in [-0.25, -0.2) is 0 Å². The van der Waals surface area contributed by atoms with E-state index < -0.39 is 5.97 Å². The summed E-state index contributed by atoms with van der Waals surface area (Å²) < 4.78 is 0. The van der Waals surface area contributed by atoms with Crippen molar-refractivity contribution in [3.05, 3.63) is 0 Å². The molecule has 1 saturated heterocycles. The molecule has 0 aromatic heterocycles. The maximum atomic E-state index is 10.7. The fraction of sp³-hybridized carbons (Fsp3) is 0.900. The Hall–Kier alpha value is -0.610. The van der Waals surface area contributed by atoms with E-state index in [9.17, 15) is 4.79 Å². The average Bonchev–Trinajstić information content (AvgIpc) is 2.09. The molecule has 0 spiro atoms. The Bertz CT molecular complexity index is 198. The Morgan fingerprint density at radius 2 is 2.07 bits per heavy atom. The maximum Gasteiger partial charge on any atom is 0.305 e. The van der Waals surface area contributed by atoms with Crippen LogP contribution in [-0.2, 0) is 4.79 Å². The molecule has 0 unspecified atom stereocenters. The summed E-state index contributed by atoms with van der Waals surface area (Å²) in [4.78, 5) is 10.7. The van der Waals surface area contributed by atoms with Crippen molar-refractivity contribution < 1.29 is 9.90 Å². The van der Waals surface area contributed by atoms with E-state index in [1.807, 2.05) is 0 Å². The number of carboxylic acid groups (broad SMARTS) is 1. The average molecular weight is 200 g/mol. The first-order chi connectivity index (χ1) is 6.62. The van der Waals surface area contributed by atoms with E-state index in [4.69, 9.17) is 5.11 Å². The van der Waals surface area contributed by atoms with Crippen molar-refractivity contribution in [2.45, 2.75) is 44.7 Å². The second kappa shape index (κ2) is 4.75. The predicted molar refractivity (Wildman–Crippen MR) is 55.4 cm³/mol. The molecule has 0 aromatic rings. The highest BCUT2D eigenvalue weighted by molar-refractivity contribution is 5.68. The van der Waals surface area contributed by atoms with Crippen LogP contribution in [0.3, 0.4) is 0 Å². The first-order valence-corrected chi connectivity index (χ1v) is 5.32. The second-order valence-electron chi connectivity index (χ2n) is 4.11. The van der Waals surface area contributed by atoms with E-state index in [1.54, 1.807) is 0 Å². The van der Waals surface area contributed by atoms with Crippen LogP contribution in [-0.4, -0.2) is 35.7 Å². The summed E-state index contributed by atoms with van der Waals surface area (Å²) in [6, 6.07) is 0.441. The van der Waals surface area contributed by atoms with E-state index in [0.717, 1.165) is 25.9 Å². The SMILES string of the molecule is CCC(CC)NC1(CC(=O)O)CNC1. The molecular weight excluding hydrogens is 180 g/mol. The highest BCUT2D eigenvalue weighted by Gasteiger charge is 2.39. The molecule has 0 radical (unpaired) electrons. The van der Waals surface area contributed by atoms with Crippen molar-refractivity contribution in [2.75, 3.05) is 13.1 Å². The zero-order valence-electron chi connectivity index (χ0n) is 8.97. The normalized spacial score (nSPS) is 19.4. The van der Waals surface area contributed by atoms with Gasteiger partial charge in [0.1, 0.15) is 0 Å². The molecule has 0 aliphatic carbocycles. The Morgan fingerprint density at radius 1 is 1.50 bits per heavy atom. The van der Waals surface area contributed by atoms with Crippen LogP contribution >= 0.6 is 0 Å². The number of aliphatic carboxylic acids is 1. The van der Waals surface area contributed by atoms with Gasteiger partial charge in [0.05, 0.1) is 12.0 Å². The summed E-state index contributed by atoms with van der Waals surface area (Å²) in [5.74, 6) is -0.718. The lowest BCUT2D eigenvalue weighted by molar-refractivity contribution is -0.139. The fourth-order valence-electron chi connectivity index (χ4n) is 1.92. The maximum absolute atomic E-state index is 10.7. The van der Waals surface area contributed by atoms with Gasteiger partial charge < -0.3 is 15.7 Å². The van der Waals surface area contributed by atoms with E-state index >= 15 is 0 Å². The molecule has 3 N–H and O–H groups in total. The molecule has 0 aromatic carbocycles. The predicted octanol–water partition coefficient (Wildman–Crippen LogP) is 0.581. The van der Waals surface area contributed by atoms with Crippen molar-refractivity contribution in [3.8, 4) is 0 Å². The third kappa shape index (κ3) is 2.69. The van der Waals surface area contributed by atoms with Crippen LogP contribution in [0.25, 0.3) is 0 Å². The lowest BCUT2D eigenvalue weighted by Crippen LogP contribution is -2.70. The first kappa shape index (κ1) is 11.5. The zero-order chi connectivity index (χ0) is 10.6. The van der Waals surface area contributed by atoms with Crippen LogP contribution in [0.5, 0.6) is 0 Å². The number of hydrogen-bond donors (Lipinski definition) is 3. The molecule has 4 heteroatoms. The highest BCUT2D eigenvalue weighted by atomic mass is 16.4. The van der Waals surface area contributed by atoms with Gasteiger partial charge in [-0.1, -0.05) is 13.8 Å². The Morgan fingerprint density at radius 3 is 2.36 bits per heavy atom. The summed E-state index contributed by atoms with van der Waals surface area (Å²) in [7, 11) is 0. The second-order valence-corrected chi connectivity index (χ2v) is 4.11. The van der Waals surface area contributed by atoms with Gasteiger partial charge >= 0.3 is 5.97 Å². The summed E-state index contributed by atoms with van der Waals surface area (Å²) >= 11 is 0. The lowest BCUT2D eigenvalue weighted by atomic mass is 9.87. The molecule has 0 amide bonds.